The molecule has 0 unspecified atom stereocenters. The maximum atomic E-state index is 12.7. The zero-order chi connectivity index (χ0) is 19.0. The molecule has 1 heterocycles. The van der Waals surface area contributed by atoms with Crippen LogP contribution in [0.1, 0.15) is 51.9 Å². The molecule has 0 atom stereocenters. The predicted molar refractivity (Wildman–Crippen MR) is 97.4 cm³/mol. The van der Waals surface area contributed by atoms with Crippen molar-refractivity contribution in [3.63, 3.8) is 0 Å². The average Bonchev–Trinajstić information content (AvgIpc) is 2.65. The highest BCUT2D eigenvalue weighted by Crippen LogP contribution is 2.56. The van der Waals surface area contributed by atoms with Gasteiger partial charge in [0.15, 0.2) is 6.61 Å². The first-order valence-corrected chi connectivity index (χ1v) is 10.7. The van der Waals surface area contributed by atoms with Gasteiger partial charge >= 0.3 is 11.9 Å². The van der Waals surface area contributed by atoms with E-state index < -0.39 is 0 Å². The van der Waals surface area contributed by atoms with E-state index in [-0.39, 0.29) is 36.3 Å². The van der Waals surface area contributed by atoms with Gasteiger partial charge in [0.05, 0.1) is 18.4 Å². The van der Waals surface area contributed by atoms with Crippen LogP contribution in [-0.4, -0.2) is 49.0 Å². The molecule has 0 N–H and O–H groups in total. The molecule has 0 radical (unpaired) electrons. The highest BCUT2D eigenvalue weighted by atomic mass is 16.5. The van der Waals surface area contributed by atoms with Crippen LogP contribution in [0.25, 0.3) is 0 Å². The molecule has 1 saturated heterocycles. The third kappa shape index (κ3) is 3.85. The largest absolute Gasteiger partial charge is 0.466 e. The normalized spacial score (nSPS) is 35.1. The molecular weight excluding hydrogens is 346 g/mol. The minimum absolute atomic E-state index is 0.0140. The van der Waals surface area contributed by atoms with Gasteiger partial charge in [-0.25, -0.2) is 0 Å². The Hall–Kier alpha value is -1.59. The Kier molecular flexibility index (Phi) is 5.42. The fraction of sp³-hybridized carbons (Fsp3) is 0.857. The minimum Gasteiger partial charge on any atom is -0.466 e. The Bertz CT molecular complexity index is 567. The monoisotopic (exact) mass is 377 g/mol. The van der Waals surface area contributed by atoms with Crippen LogP contribution in [-0.2, 0) is 23.9 Å². The maximum absolute atomic E-state index is 12.7. The molecule has 27 heavy (non-hydrogen) atoms. The summed E-state index contributed by atoms with van der Waals surface area (Å²) in [6, 6.07) is 0. The summed E-state index contributed by atoms with van der Waals surface area (Å²) in [5.74, 6) is 2.02. The van der Waals surface area contributed by atoms with Crippen LogP contribution in [0.15, 0.2) is 0 Å². The van der Waals surface area contributed by atoms with Gasteiger partial charge in [-0.1, -0.05) is 0 Å². The van der Waals surface area contributed by atoms with Crippen molar-refractivity contribution in [2.24, 2.45) is 35.5 Å². The maximum Gasteiger partial charge on any atom is 0.310 e. The summed E-state index contributed by atoms with van der Waals surface area (Å²) in [5.41, 5.74) is 0. The van der Waals surface area contributed by atoms with Gasteiger partial charge in [0, 0.05) is 13.1 Å². The molecule has 0 aromatic rings. The molecule has 0 aromatic carbocycles. The molecule has 150 valence electrons. The Labute approximate surface area is 160 Å². The van der Waals surface area contributed by atoms with E-state index in [2.05, 4.69) is 0 Å². The molecule has 4 aliphatic carbocycles. The lowest BCUT2D eigenvalue weighted by Gasteiger charge is -2.53. The number of likely N-dealkylation sites (tertiary alicyclic amines) is 1. The number of hydrogen-bond donors (Lipinski definition) is 0. The fourth-order valence-corrected chi connectivity index (χ4v) is 6.26. The van der Waals surface area contributed by atoms with Crippen molar-refractivity contribution >= 4 is 17.8 Å². The van der Waals surface area contributed by atoms with Gasteiger partial charge in [0.2, 0.25) is 0 Å². The summed E-state index contributed by atoms with van der Waals surface area (Å²) in [5, 5.41) is 0. The number of rotatable bonds is 5. The van der Waals surface area contributed by atoms with Crippen molar-refractivity contribution in [1.29, 1.82) is 0 Å². The van der Waals surface area contributed by atoms with Crippen LogP contribution in [0.2, 0.25) is 0 Å². The second-order valence-corrected chi connectivity index (χ2v) is 8.97. The third-order valence-corrected chi connectivity index (χ3v) is 7.30. The van der Waals surface area contributed by atoms with E-state index in [0.29, 0.717) is 44.4 Å². The number of esters is 2. The van der Waals surface area contributed by atoms with Crippen LogP contribution >= 0.6 is 0 Å². The number of hydrogen-bond acceptors (Lipinski definition) is 5. The summed E-state index contributed by atoms with van der Waals surface area (Å²) < 4.78 is 10.5. The molecule has 4 bridgehead atoms. The molecule has 0 aromatic heterocycles. The summed E-state index contributed by atoms with van der Waals surface area (Å²) >= 11 is 0. The smallest absolute Gasteiger partial charge is 0.310 e. The van der Waals surface area contributed by atoms with Crippen molar-refractivity contribution < 1.29 is 23.9 Å². The van der Waals surface area contributed by atoms with Crippen molar-refractivity contribution in [2.75, 3.05) is 26.3 Å². The molecule has 6 heteroatoms. The Morgan fingerprint density at radius 3 is 2.00 bits per heavy atom. The summed E-state index contributed by atoms with van der Waals surface area (Å²) in [4.78, 5) is 38.6. The molecule has 5 aliphatic rings. The van der Waals surface area contributed by atoms with E-state index >= 15 is 0 Å². The topological polar surface area (TPSA) is 72.9 Å². The van der Waals surface area contributed by atoms with E-state index in [0.717, 1.165) is 11.8 Å². The van der Waals surface area contributed by atoms with Crippen LogP contribution in [0.3, 0.4) is 0 Å². The lowest BCUT2D eigenvalue weighted by Crippen LogP contribution is -2.49. The fourth-order valence-electron chi connectivity index (χ4n) is 6.26. The van der Waals surface area contributed by atoms with E-state index in [1.54, 1.807) is 11.8 Å². The van der Waals surface area contributed by atoms with Crippen LogP contribution in [0.4, 0.5) is 0 Å². The van der Waals surface area contributed by atoms with Gasteiger partial charge in [-0.3, -0.25) is 14.4 Å². The minimum atomic E-state index is -0.169. The number of piperidine rings is 1. The first kappa shape index (κ1) is 18.8. The number of amides is 1. The SMILES string of the molecule is CCOC(=O)C1CCN(C(=O)COC(=O)C2C3CC4CC(C3)CC2C4)CC1. The van der Waals surface area contributed by atoms with Crippen LogP contribution < -0.4 is 0 Å². The van der Waals surface area contributed by atoms with Crippen LogP contribution in [0.5, 0.6) is 0 Å². The standard InChI is InChI=1S/C21H31NO5/c1-2-26-20(24)15-3-5-22(6-4-15)18(23)12-27-21(25)19-16-8-13-7-14(10-16)11-17(19)9-13/h13-17,19H,2-12H2,1H3. The molecule has 4 saturated carbocycles. The van der Waals surface area contributed by atoms with E-state index in [9.17, 15) is 14.4 Å². The number of nitrogens with zero attached hydrogens (tertiary/aromatic N) is 1. The van der Waals surface area contributed by atoms with Gasteiger partial charge in [0.25, 0.3) is 5.91 Å². The lowest BCUT2D eigenvalue weighted by atomic mass is 9.52. The van der Waals surface area contributed by atoms with E-state index in [1.165, 1.54) is 32.1 Å². The van der Waals surface area contributed by atoms with E-state index in [1.807, 2.05) is 0 Å². The lowest BCUT2D eigenvalue weighted by molar-refractivity contribution is -0.167. The van der Waals surface area contributed by atoms with Crippen molar-refractivity contribution in [3.05, 3.63) is 0 Å². The zero-order valence-electron chi connectivity index (χ0n) is 16.2. The second-order valence-electron chi connectivity index (χ2n) is 8.97. The highest BCUT2D eigenvalue weighted by Gasteiger charge is 2.51. The number of ether oxygens (including phenoxy) is 2. The highest BCUT2D eigenvalue weighted by molar-refractivity contribution is 5.82. The first-order chi connectivity index (χ1) is 13.0. The van der Waals surface area contributed by atoms with Crippen molar-refractivity contribution in [3.8, 4) is 0 Å². The number of carbonyl (C=O) groups excluding carboxylic acids is 3. The van der Waals surface area contributed by atoms with Gasteiger partial charge in [-0.2, -0.15) is 0 Å². The van der Waals surface area contributed by atoms with E-state index in [4.69, 9.17) is 9.47 Å². The second kappa shape index (κ2) is 7.80. The Balaban J connectivity index is 1.23. The van der Waals surface area contributed by atoms with Gasteiger partial charge < -0.3 is 14.4 Å². The molecule has 6 nitrogen and oxygen atoms in total. The average molecular weight is 377 g/mol. The van der Waals surface area contributed by atoms with Crippen LogP contribution in [0, 0.1) is 35.5 Å². The molecule has 5 fully saturated rings. The summed E-state index contributed by atoms with van der Waals surface area (Å²) in [6.45, 7) is 3.08. The summed E-state index contributed by atoms with van der Waals surface area (Å²) in [7, 11) is 0. The Morgan fingerprint density at radius 1 is 0.852 bits per heavy atom. The number of carbonyl (C=O) groups is 3. The summed E-state index contributed by atoms with van der Waals surface area (Å²) in [6.07, 6.45) is 7.27. The van der Waals surface area contributed by atoms with Crippen molar-refractivity contribution in [1.82, 2.24) is 4.90 Å². The van der Waals surface area contributed by atoms with Gasteiger partial charge in [0.1, 0.15) is 0 Å². The molecule has 1 aliphatic heterocycles. The third-order valence-electron chi connectivity index (χ3n) is 7.30. The molecule has 5 rings (SSSR count). The van der Waals surface area contributed by atoms with Gasteiger partial charge in [-0.15, -0.1) is 0 Å². The van der Waals surface area contributed by atoms with Gasteiger partial charge in [-0.05, 0) is 75.5 Å². The van der Waals surface area contributed by atoms with Crippen molar-refractivity contribution in [2.45, 2.75) is 51.9 Å². The first-order valence-electron chi connectivity index (χ1n) is 10.7. The zero-order valence-corrected chi connectivity index (χ0v) is 16.2. The molecular formula is C21H31NO5. The quantitative estimate of drug-likeness (QED) is 0.688. The predicted octanol–water partition coefficient (Wildman–Crippen LogP) is 2.40. The molecule has 0 spiro atoms. The Morgan fingerprint density at radius 2 is 1.44 bits per heavy atom. The molecule has 1 amide bonds.